The Hall–Kier alpha value is -0.670. The molecule has 0 aliphatic carbocycles. The van der Waals surface area contributed by atoms with Gasteiger partial charge in [0, 0.05) is 24.8 Å². The Morgan fingerprint density at radius 3 is 3.11 bits per heavy atom. The number of thioether (sulfide) groups is 1. The van der Waals surface area contributed by atoms with E-state index in [0.717, 1.165) is 18.7 Å². The van der Waals surface area contributed by atoms with Crippen molar-refractivity contribution in [3.05, 3.63) is 29.3 Å². The summed E-state index contributed by atoms with van der Waals surface area (Å²) >= 11 is 1.98. The molecule has 2 rings (SSSR count). The van der Waals surface area contributed by atoms with E-state index >= 15 is 0 Å². The quantitative estimate of drug-likeness (QED) is 0.854. The van der Waals surface area contributed by atoms with Gasteiger partial charge in [-0.3, -0.25) is 0 Å². The molecule has 1 aliphatic rings. The van der Waals surface area contributed by atoms with Crippen LogP contribution in [0.2, 0.25) is 0 Å². The molecular formula is C15H23NOS. The third-order valence-electron chi connectivity index (χ3n) is 3.22. The number of hydrogen-bond donors (Lipinski definition) is 1. The predicted octanol–water partition coefficient (Wildman–Crippen LogP) is 3.03. The summed E-state index contributed by atoms with van der Waals surface area (Å²) in [5.41, 5.74) is 2.68. The number of rotatable bonds is 6. The molecule has 2 nitrogen and oxygen atoms in total. The smallest absolute Gasteiger partial charge is 0.123 e. The van der Waals surface area contributed by atoms with Gasteiger partial charge in [0.25, 0.3) is 0 Å². The lowest BCUT2D eigenvalue weighted by Gasteiger charge is -2.16. The Morgan fingerprint density at radius 2 is 2.33 bits per heavy atom. The van der Waals surface area contributed by atoms with Crippen LogP contribution in [0.15, 0.2) is 18.2 Å². The van der Waals surface area contributed by atoms with Gasteiger partial charge in [0.15, 0.2) is 0 Å². The SMILES string of the molecule is CCSCC(C)NCC1Cc2cc(C)ccc2O1. The zero-order chi connectivity index (χ0) is 13.0. The Labute approximate surface area is 114 Å². The molecule has 3 heteroatoms. The molecule has 0 saturated heterocycles. The Bertz CT molecular complexity index is 394. The van der Waals surface area contributed by atoms with E-state index in [1.165, 1.54) is 22.6 Å². The fourth-order valence-electron chi connectivity index (χ4n) is 2.25. The van der Waals surface area contributed by atoms with E-state index in [9.17, 15) is 0 Å². The molecule has 1 N–H and O–H groups in total. The highest BCUT2D eigenvalue weighted by Gasteiger charge is 2.22. The molecule has 1 aromatic rings. The van der Waals surface area contributed by atoms with Crippen molar-refractivity contribution in [2.24, 2.45) is 0 Å². The van der Waals surface area contributed by atoms with Crippen molar-refractivity contribution in [2.45, 2.75) is 39.3 Å². The molecule has 0 amide bonds. The molecule has 0 fully saturated rings. The molecular weight excluding hydrogens is 242 g/mol. The first kappa shape index (κ1) is 13.8. The predicted molar refractivity (Wildman–Crippen MR) is 79.8 cm³/mol. The summed E-state index contributed by atoms with van der Waals surface area (Å²) in [6.45, 7) is 7.53. The average molecular weight is 265 g/mol. The largest absolute Gasteiger partial charge is 0.488 e. The van der Waals surface area contributed by atoms with Gasteiger partial charge in [-0.2, -0.15) is 11.8 Å². The van der Waals surface area contributed by atoms with Crippen LogP contribution in [0.25, 0.3) is 0 Å². The number of ether oxygens (including phenoxy) is 1. The van der Waals surface area contributed by atoms with Crippen molar-refractivity contribution < 1.29 is 4.74 Å². The minimum absolute atomic E-state index is 0.302. The summed E-state index contributed by atoms with van der Waals surface area (Å²) < 4.78 is 5.95. The minimum Gasteiger partial charge on any atom is -0.488 e. The maximum Gasteiger partial charge on any atom is 0.123 e. The fourth-order valence-corrected chi connectivity index (χ4v) is 2.96. The second-order valence-electron chi connectivity index (χ2n) is 5.02. The molecule has 1 heterocycles. The number of aryl methyl sites for hydroxylation is 1. The Balaban J connectivity index is 1.77. The van der Waals surface area contributed by atoms with Gasteiger partial charge in [-0.1, -0.05) is 24.6 Å². The molecule has 2 unspecified atom stereocenters. The standard InChI is InChI=1S/C15H23NOS/c1-4-18-10-12(3)16-9-14-8-13-7-11(2)5-6-15(13)17-14/h5-7,12,14,16H,4,8-10H2,1-3H3. The van der Waals surface area contributed by atoms with E-state index in [2.05, 4.69) is 44.3 Å². The number of nitrogens with one attached hydrogen (secondary N) is 1. The Kier molecular flexibility index (Phi) is 4.95. The normalized spacial score (nSPS) is 19.4. The van der Waals surface area contributed by atoms with E-state index in [4.69, 9.17) is 4.74 Å². The van der Waals surface area contributed by atoms with Crippen LogP contribution in [0, 0.1) is 6.92 Å². The molecule has 0 bridgehead atoms. The molecule has 18 heavy (non-hydrogen) atoms. The van der Waals surface area contributed by atoms with Crippen LogP contribution in [0.1, 0.15) is 25.0 Å². The first-order valence-corrected chi connectivity index (χ1v) is 7.91. The third-order valence-corrected chi connectivity index (χ3v) is 4.37. The van der Waals surface area contributed by atoms with Crippen LogP contribution >= 0.6 is 11.8 Å². The van der Waals surface area contributed by atoms with Crippen molar-refractivity contribution in [1.82, 2.24) is 5.32 Å². The van der Waals surface area contributed by atoms with E-state index < -0.39 is 0 Å². The van der Waals surface area contributed by atoms with Gasteiger partial charge in [0.2, 0.25) is 0 Å². The van der Waals surface area contributed by atoms with Crippen LogP contribution in [-0.4, -0.2) is 30.2 Å². The van der Waals surface area contributed by atoms with Gasteiger partial charge in [-0.25, -0.2) is 0 Å². The third kappa shape index (κ3) is 3.66. The van der Waals surface area contributed by atoms with Gasteiger partial charge in [0.1, 0.15) is 11.9 Å². The van der Waals surface area contributed by atoms with Crippen LogP contribution in [0.5, 0.6) is 5.75 Å². The molecule has 1 aliphatic heterocycles. The van der Waals surface area contributed by atoms with E-state index in [0.29, 0.717) is 12.1 Å². The van der Waals surface area contributed by atoms with Gasteiger partial charge in [-0.15, -0.1) is 0 Å². The van der Waals surface area contributed by atoms with Gasteiger partial charge in [0.05, 0.1) is 0 Å². The van der Waals surface area contributed by atoms with Crippen LogP contribution in [-0.2, 0) is 6.42 Å². The minimum atomic E-state index is 0.302. The maximum atomic E-state index is 5.95. The zero-order valence-electron chi connectivity index (χ0n) is 11.5. The monoisotopic (exact) mass is 265 g/mol. The molecule has 2 atom stereocenters. The first-order valence-electron chi connectivity index (χ1n) is 6.76. The van der Waals surface area contributed by atoms with Crippen molar-refractivity contribution in [1.29, 1.82) is 0 Å². The summed E-state index contributed by atoms with van der Waals surface area (Å²) in [7, 11) is 0. The lowest BCUT2D eigenvalue weighted by Crippen LogP contribution is -2.37. The summed E-state index contributed by atoms with van der Waals surface area (Å²) in [5, 5.41) is 3.56. The average Bonchev–Trinajstić information content (AvgIpc) is 2.75. The number of benzene rings is 1. The molecule has 0 aromatic heterocycles. The molecule has 0 spiro atoms. The summed E-state index contributed by atoms with van der Waals surface area (Å²) in [6.07, 6.45) is 1.34. The highest BCUT2D eigenvalue weighted by atomic mass is 32.2. The van der Waals surface area contributed by atoms with Crippen molar-refractivity contribution >= 4 is 11.8 Å². The zero-order valence-corrected chi connectivity index (χ0v) is 12.3. The van der Waals surface area contributed by atoms with Crippen molar-refractivity contribution in [3.63, 3.8) is 0 Å². The fraction of sp³-hybridized carbons (Fsp3) is 0.600. The van der Waals surface area contributed by atoms with Crippen LogP contribution in [0.4, 0.5) is 0 Å². The Morgan fingerprint density at radius 1 is 1.50 bits per heavy atom. The van der Waals surface area contributed by atoms with Gasteiger partial charge >= 0.3 is 0 Å². The summed E-state index contributed by atoms with van der Waals surface area (Å²) in [5.74, 6) is 3.44. The van der Waals surface area contributed by atoms with Crippen molar-refractivity contribution in [3.8, 4) is 5.75 Å². The van der Waals surface area contributed by atoms with E-state index in [-0.39, 0.29) is 0 Å². The highest BCUT2D eigenvalue weighted by Crippen LogP contribution is 2.29. The lowest BCUT2D eigenvalue weighted by molar-refractivity contribution is 0.224. The molecule has 0 saturated carbocycles. The number of hydrogen-bond acceptors (Lipinski definition) is 3. The van der Waals surface area contributed by atoms with Crippen molar-refractivity contribution in [2.75, 3.05) is 18.1 Å². The van der Waals surface area contributed by atoms with E-state index in [1.54, 1.807) is 0 Å². The molecule has 1 aromatic carbocycles. The van der Waals surface area contributed by atoms with Crippen LogP contribution < -0.4 is 10.1 Å². The highest BCUT2D eigenvalue weighted by molar-refractivity contribution is 7.99. The second kappa shape index (κ2) is 6.48. The first-order chi connectivity index (χ1) is 8.69. The van der Waals surface area contributed by atoms with Crippen LogP contribution in [0.3, 0.4) is 0 Å². The number of fused-ring (bicyclic) bond motifs is 1. The van der Waals surface area contributed by atoms with E-state index in [1.807, 2.05) is 11.8 Å². The lowest BCUT2D eigenvalue weighted by atomic mass is 10.1. The molecule has 0 radical (unpaired) electrons. The molecule has 100 valence electrons. The maximum absolute atomic E-state index is 5.95. The van der Waals surface area contributed by atoms with Gasteiger partial charge in [-0.05, 0) is 31.2 Å². The second-order valence-corrected chi connectivity index (χ2v) is 6.34. The summed E-state index contributed by atoms with van der Waals surface area (Å²) in [4.78, 5) is 0. The topological polar surface area (TPSA) is 21.3 Å². The summed E-state index contributed by atoms with van der Waals surface area (Å²) in [6, 6.07) is 7.02. The van der Waals surface area contributed by atoms with Gasteiger partial charge < -0.3 is 10.1 Å².